The van der Waals surface area contributed by atoms with E-state index < -0.39 is 72.6 Å². The third-order valence-corrected chi connectivity index (χ3v) is 5.22. The maximum absolute atomic E-state index is 12.9. The highest BCUT2D eigenvalue weighted by atomic mass is 16.4. The van der Waals surface area contributed by atoms with E-state index in [1.165, 1.54) is 12.5 Å². The Morgan fingerprint density at radius 1 is 0.919 bits per heavy atom. The van der Waals surface area contributed by atoms with E-state index in [1.54, 1.807) is 0 Å². The molecule has 16 nitrogen and oxygen atoms in total. The number of H-pyrrole nitrogens is 1. The van der Waals surface area contributed by atoms with Crippen molar-refractivity contribution < 1.29 is 39.0 Å². The molecular formula is C21H34N8O8. The Bertz CT molecular complexity index is 939. The predicted octanol–water partition coefficient (Wildman–Crippen LogP) is -3.31. The third-order valence-electron chi connectivity index (χ3n) is 5.22. The number of nitrogens with zero attached hydrogens (tertiary/aromatic N) is 1. The van der Waals surface area contributed by atoms with Crippen LogP contribution in [0.4, 0.5) is 0 Å². The van der Waals surface area contributed by atoms with Gasteiger partial charge in [0.05, 0.1) is 18.8 Å². The summed E-state index contributed by atoms with van der Waals surface area (Å²) in [6, 6.07) is -5.35. The molecule has 12 N–H and O–H groups in total. The number of primary amides is 1. The van der Waals surface area contributed by atoms with Crippen molar-refractivity contribution >= 4 is 35.6 Å². The van der Waals surface area contributed by atoms with Crippen LogP contribution in [0.5, 0.6) is 0 Å². The molecule has 1 aromatic rings. The van der Waals surface area contributed by atoms with Gasteiger partial charge < -0.3 is 48.3 Å². The first-order valence-corrected chi connectivity index (χ1v) is 11.5. The first kappa shape index (κ1) is 31.0. The van der Waals surface area contributed by atoms with Crippen LogP contribution in [0.3, 0.4) is 0 Å². The third kappa shape index (κ3) is 12.0. The van der Waals surface area contributed by atoms with E-state index in [2.05, 4.69) is 25.9 Å². The van der Waals surface area contributed by atoms with Crippen LogP contribution < -0.4 is 33.2 Å². The second-order valence-corrected chi connectivity index (χ2v) is 8.30. The molecule has 0 aliphatic carbocycles. The standard InChI is InChI=1S/C21H34N8O8/c22-6-2-1-3-13(19(34)29-15(21(36)37)7-11-9-25-10-26-11)27-20(35)14(8-16(24)30)28-18(33)12(23)4-5-17(31)32/h9-10,12-15H,1-8,22-23H2,(H2,24,30)(H,25,26)(H,27,35)(H,28,33)(H,29,34)(H,31,32)(H,36,37). The summed E-state index contributed by atoms with van der Waals surface area (Å²) >= 11 is 0. The molecule has 0 saturated heterocycles. The van der Waals surface area contributed by atoms with Crippen molar-refractivity contribution in [2.45, 2.75) is 69.1 Å². The number of aliphatic carboxylic acids is 2. The summed E-state index contributed by atoms with van der Waals surface area (Å²) < 4.78 is 0. The highest BCUT2D eigenvalue weighted by Gasteiger charge is 2.31. The first-order valence-electron chi connectivity index (χ1n) is 11.5. The van der Waals surface area contributed by atoms with E-state index in [0.717, 1.165) is 0 Å². The molecule has 37 heavy (non-hydrogen) atoms. The number of aromatic nitrogens is 2. The predicted molar refractivity (Wildman–Crippen MR) is 127 cm³/mol. The second-order valence-electron chi connectivity index (χ2n) is 8.30. The van der Waals surface area contributed by atoms with Crippen molar-refractivity contribution in [3.8, 4) is 0 Å². The van der Waals surface area contributed by atoms with Gasteiger partial charge in [-0.1, -0.05) is 0 Å². The summed E-state index contributed by atoms with van der Waals surface area (Å²) in [5, 5.41) is 25.3. The number of carboxylic acid groups (broad SMARTS) is 2. The number of carboxylic acids is 2. The summed E-state index contributed by atoms with van der Waals surface area (Å²) in [6.45, 7) is 0.314. The average molecular weight is 527 g/mol. The zero-order valence-electron chi connectivity index (χ0n) is 20.1. The molecule has 206 valence electrons. The number of nitrogens with two attached hydrogens (primary N) is 3. The molecule has 0 spiro atoms. The van der Waals surface area contributed by atoms with Crippen molar-refractivity contribution in [3.63, 3.8) is 0 Å². The van der Waals surface area contributed by atoms with Gasteiger partial charge >= 0.3 is 11.9 Å². The fourth-order valence-electron chi connectivity index (χ4n) is 3.22. The molecule has 0 saturated carbocycles. The van der Waals surface area contributed by atoms with E-state index in [1.807, 2.05) is 0 Å². The zero-order chi connectivity index (χ0) is 28.0. The number of nitrogens with one attached hydrogen (secondary N) is 4. The summed E-state index contributed by atoms with van der Waals surface area (Å²) in [5.41, 5.74) is 16.8. The summed E-state index contributed by atoms with van der Waals surface area (Å²) in [4.78, 5) is 78.6. The smallest absolute Gasteiger partial charge is 0.326 e. The van der Waals surface area contributed by atoms with Crippen LogP contribution in [0.1, 0.15) is 44.2 Å². The zero-order valence-corrected chi connectivity index (χ0v) is 20.1. The topological polar surface area (TPSA) is 286 Å². The van der Waals surface area contributed by atoms with Gasteiger partial charge in [0.1, 0.15) is 18.1 Å². The molecule has 0 aliphatic rings. The van der Waals surface area contributed by atoms with Crippen molar-refractivity contribution in [1.82, 2.24) is 25.9 Å². The summed E-state index contributed by atoms with van der Waals surface area (Å²) in [5.74, 6) is -6.06. The monoisotopic (exact) mass is 526 g/mol. The number of unbranched alkanes of at least 4 members (excludes halogenated alkanes) is 1. The van der Waals surface area contributed by atoms with Crippen LogP contribution in [-0.2, 0) is 35.2 Å². The molecule has 0 aromatic carbocycles. The Balaban J connectivity index is 2.97. The Labute approximate surface area is 212 Å². The molecule has 4 atom stereocenters. The van der Waals surface area contributed by atoms with Gasteiger partial charge in [-0.2, -0.15) is 0 Å². The number of aromatic amines is 1. The maximum atomic E-state index is 12.9. The summed E-state index contributed by atoms with van der Waals surface area (Å²) in [7, 11) is 0. The Kier molecular flexibility index (Phi) is 13.3. The SMILES string of the molecule is NCCCCC(NC(=O)C(CC(N)=O)NC(=O)C(N)CCC(=O)O)C(=O)NC(Cc1cnc[nH]1)C(=O)O. The number of carbonyl (C=O) groups is 6. The quantitative estimate of drug-likeness (QED) is 0.0853. The van der Waals surface area contributed by atoms with E-state index in [-0.39, 0.29) is 19.3 Å². The van der Waals surface area contributed by atoms with Crippen LogP contribution in [0.15, 0.2) is 12.5 Å². The fraction of sp³-hybridized carbons (Fsp3) is 0.571. The molecule has 0 aliphatic heterocycles. The van der Waals surface area contributed by atoms with Crippen molar-refractivity contribution in [2.24, 2.45) is 17.2 Å². The summed E-state index contributed by atoms with van der Waals surface area (Å²) in [6.07, 6.45) is 2.41. The van der Waals surface area contributed by atoms with E-state index in [4.69, 9.17) is 22.3 Å². The lowest BCUT2D eigenvalue weighted by Crippen LogP contribution is -2.58. The lowest BCUT2D eigenvalue weighted by atomic mass is 10.0. The van der Waals surface area contributed by atoms with Gasteiger partial charge in [-0.3, -0.25) is 24.0 Å². The first-order chi connectivity index (χ1) is 17.4. The fourth-order valence-corrected chi connectivity index (χ4v) is 3.22. The van der Waals surface area contributed by atoms with Crippen LogP contribution in [0, 0.1) is 0 Å². The van der Waals surface area contributed by atoms with Gasteiger partial charge in [0, 0.05) is 24.7 Å². The molecule has 1 rings (SSSR count). The van der Waals surface area contributed by atoms with Gasteiger partial charge in [-0.15, -0.1) is 0 Å². The molecule has 1 heterocycles. The number of hydrogen-bond donors (Lipinski definition) is 9. The van der Waals surface area contributed by atoms with Crippen molar-refractivity contribution in [2.75, 3.05) is 6.54 Å². The van der Waals surface area contributed by atoms with Gasteiger partial charge in [0.2, 0.25) is 23.6 Å². The Hall–Kier alpha value is -4.05. The lowest BCUT2D eigenvalue weighted by Gasteiger charge is -2.24. The normalized spacial score (nSPS) is 14.0. The minimum absolute atomic E-state index is 0.0839. The highest BCUT2D eigenvalue weighted by molar-refractivity contribution is 5.96. The van der Waals surface area contributed by atoms with Crippen molar-refractivity contribution in [3.05, 3.63) is 18.2 Å². The lowest BCUT2D eigenvalue weighted by molar-refractivity contribution is -0.142. The molecule has 16 heteroatoms. The molecular weight excluding hydrogens is 492 g/mol. The molecule has 4 unspecified atom stereocenters. The number of hydrogen-bond acceptors (Lipinski definition) is 9. The minimum Gasteiger partial charge on any atom is -0.481 e. The highest BCUT2D eigenvalue weighted by Crippen LogP contribution is 2.06. The van der Waals surface area contributed by atoms with Crippen molar-refractivity contribution in [1.29, 1.82) is 0 Å². The molecule has 0 radical (unpaired) electrons. The van der Waals surface area contributed by atoms with Gasteiger partial charge in [0.15, 0.2) is 0 Å². The van der Waals surface area contributed by atoms with Gasteiger partial charge in [0.25, 0.3) is 0 Å². The second kappa shape index (κ2) is 15.8. The van der Waals surface area contributed by atoms with Crippen LogP contribution >= 0.6 is 0 Å². The number of imidazole rings is 1. The van der Waals surface area contributed by atoms with Crippen LogP contribution in [-0.4, -0.2) is 86.5 Å². The minimum atomic E-state index is -1.51. The van der Waals surface area contributed by atoms with E-state index in [9.17, 15) is 33.9 Å². The van der Waals surface area contributed by atoms with Crippen LogP contribution in [0.25, 0.3) is 0 Å². The van der Waals surface area contributed by atoms with Crippen LogP contribution in [0.2, 0.25) is 0 Å². The van der Waals surface area contributed by atoms with E-state index >= 15 is 0 Å². The number of rotatable bonds is 18. The Morgan fingerprint density at radius 2 is 1.54 bits per heavy atom. The average Bonchev–Trinajstić information content (AvgIpc) is 3.33. The van der Waals surface area contributed by atoms with Gasteiger partial charge in [-0.25, -0.2) is 9.78 Å². The maximum Gasteiger partial charge on any atom is 0.326 e. The number of amides is 4. The largest absolute Gasteiger partial charge is 0.481 e. The van der Waals surface area contributed by atoms with E-state index in [0.29, 0.717) is 25.1 Å². The molecule has 4 amide bonds. The van der Waals surface area contributed by atoms with Gasteiger partial charge in [-0.05, 0) is 32.2 Å². The molecule has 0 fully saturated rings. The Morgan fingerprint density at radius 3 is 2.08 bits per heavy atom. The number of carbonyl (C=O) groups excluding carboxylic acids is 4. The molecule has 0 bridgehead atoms. The molecule has 1 aromatic heterocycles.